The third-order valence-corrected chi connectivity index (χ3v) is 1.88. The SMILES string of the molecule is CCOC(=O)CCCOC(=O)c1ccnnc1. The van der Waals surface area contributed by atoms with Gasteiger partial charge < -0.3 is 9.47 Å². The summed E-state index contributed by atoms with van der Waals surface area (Å²) in [6.07, 6.45) is 3.43. The standard InChI is InChI=1S/C11H14N2O4/c1-2-16-10(14)4-3-7-17-11(15)9-5-6-12-13-8-9/h5-6,8H,2-4,7H2,1H3. The molecule has 1 aromatic heterocycles. The lowest BCUT2D eigenvalue weighted by Crippen LogP contribution is -2.09. The number of carbonyl (C=O) groups is 2. The first kappa shape index (κ1) is 13.1. The van der Waals surface area contributed by atoms with Crippen molar-refractivity contribution in [2.45, 2.75) is 19.8 Å². The maximum absolute atomic E-state index is 11.4. The van der Waals surface area contributed by atoms with E-state index < -0.39 is 5.97 Å². The molecule has 92 valence electrons. The van der Waals surface area contributed by atoms with Crippen LogP contribution >= 0.6 is 0 Å². The minimum Gasteiger partial charge on any atom is -0.466 e. The zero-order chi connectivity index (χ0) is 12.5. The van der Waals surface area contributed by atoms with Gasteiger partial charge in [-0.05, 0) is 19.4 Å². The first-order chi connectivity index (χ1) is 8.24. The van der Waals surface area contributed by atoms with Gasteiger partial charge in [-0.15, -0.1) is 0 Å². The van der Waals surface area contributed by atoms with Crippen molar-refractivity contribution in [3.63, 3.8) is 0 Å². The van der Waals surface area contributed by atoms with Crippen LogP contribution in [0.4, 0.5) is 0 Å². The molecule has 0 amide bonds. The Morgan fingerprint density at radius 2 is 2.12 bits per heavy atom. The van der Waals surface area contributed by atoms with Gasteiger partial charge in [0, 0.05) is 6.42 Å². The lowest BCUT2D eigenvalue weighted by atomic mass is 10.3. The van der Waals surface area contributed by atoms with Gasteiger partial charge in [0.1, 0.15) is 0 Å². The van der Waals surface area contributed by atoms with Gasteiger partial charge in [0.05, 0.1) is 31.2 Å². The summed E-state index contributed by atoms with van der Waals surface area (Å²) in [5.74, 6) is -0.752. The lowest BCUT2D eigenvalue weighted by Gasteiger charge is -2.04. The van der Waals surface area contributed by atoms with Crippen LogP contribution in [-0.2, 0) is 14.3 Å². The second-order valence-electron chi connectivity index (χ2n) is 3.18. The lowest BCUT2D eigenvalue weighted by molar-refractivity contribution is -0.143. The average molecular weight is 238 g/mol. The topological polar surface area (TPSA) is 78.4 Å². The number of aromatic nitrogens is 2. The van der Waals surface area contributed by atoms with Crippen molar-refractivity contribution in [1.82, 2.24) is 10.2 Å². The van der Waals surface area contributed by atoms with Crippen LogP contribution < -0.4 is 0 Å². The summed E-state index contributed by atoms with van der Waals surface area (Å²) in [5, 5.41) is 7.11. The fraction of sp³-hybridized carbons (Fsp3) is 0.455. The predicted molar refractivity (Wildman–Crippen MR) is 58.2 cm³/mol. The molecule has 1 heterocycles. The Bertz CT molecular complexity index is 367. The van der Waals surface area contributed by atoms with E-state index in [1.165, 1.54) is 18.5 Å². The molecule has 0 aromatic carbocycles. The zero-order valence-electron chi connectivity index (χ0n) is 9.59. The van der Waals surface area contributed by atoms with Crippen molar-refractivity contribution in [1.29, 1.82) is 0 Å². The highest BCUT2D eigenvalue weighted by Crippen LogP contribution is 2.00. The van der Waals surface area contributed by atoms with Crippen LogP contribution in [0.5, 0.6) is 0 Å². The van der Waals surface area contributed by atoms with E-state index in [1.54, 1.807) is 6.92 Å². The van der Waals surface area contributed by atoms with Crippen molar-refractivity contribution < 1.29 is 19.1 Å². The molecule has 0 saturated heterocycles. The fourth-order valence-corrected chi connectivity index (χ4v) is 1.11. The van der Waals surface area contributed by atoms with Crippen LogP contribution in [-0.4, -0.2) is 35.3 Å². The van der Waals surface area contributed by atoms with Gasteiger partial charge in [0.25, 0.3) is 0 Å². The van der Waals surface area contributed by atoms with Gasteiger partial charge in [-0.25, -0.2) is 4.79 Å². The Morgan fingerprint density at radius 3 is 2.76 bits per heavy atom. The van der Waals surface area contributed by atoms with Gasteiger partial charge in [0.15, 0.2) is 0 Å². The molecule has 1 rings (SSSR count). The van der Waals surface area contributed by atoms with Crippen molar-refractivity contribution in [2.24, 2.45) is 0 Å². The summed E-state index contributed by atoms with van der Waals surface area (Å²) in [4.78, 5) is 22.4. The normalized spacial score (nSPS) is 9.71. The molecule has 0 aliphatic heterocycles. The van der Waals surface area contributed by atoms with Crippen molar-refractivity contribution in [3.8, 4) is 0 Å². The molecule has 0 radical (unpaired) electrons. The average Bonchev–Trinajstić information content (AvgIpc) is 2.36. The molecule has 0 bridgehead atoms. The second-order valence-corrected chi connectivity index (χ2v) is 3.18. The summed E-state index contributed by atoms with van der Waals surface area (Å²) in [7, 11) is 0. The Balaban J connectivity index is 2.19. The van der Waals surface area contributed by atoms with Gasteiger partial charge in [-0.2, -0.15) is 10.2 Å². The minimum atomic E-state index is -0.469. The maximum atomic E-state index is 11.4. The summed E-state index contributed by atoms with van der Waals surface area (Å²) in [5.41, 5.74) is 0.344. The van der Waals surface area contributed by atoms with Crippen LogP contribution in [0.25, 0.3) is 0 Å². The second kappa shape index (κ2) is 7.32. The number of rotatable bonds is 6. The fourth-order valence-electron chi connectivity index (χ4n) is 1.11. The van der Waals surface area contributed by atoms with E-state index in [2.05, 4.69) is 10.2 Å². The van der Waals surface area contributed by atoms with E-state index in [4.69, 9.17) is 9.47 Å². The van der Waals surface area contributed by atoms with Crippen molar-refractivity contribution in [2.75, 3.05) is 13.2 Å². The maximum Gasteiger partial charge on any atom is 0.339 e. The quantitative estimate of drug-likeness (QED) is 0.543. The summed E-state index contributed by atoms with van der Waals surface area (Å²) in [6, 6.07) is 1.51. The molecule has 0 aliphatic carbocycles. The molecule has 0 fully saturated rings. The molecule has 17 heavy (non-hydrogen) atoms. The summed E-state index contributed by atoms with van der Waals surface area (Å²) < 4.78 is 9.68. The highest BCUT2D eigenvalue weighted by molar-refractivity contribution is 5.88. The summed E-state index contributed by atoms with van der Waals surface area (Å²) in [6.45, 7) is 2.29. The first-order valence-electron chi connectivity index (χ1n) is 5.33. The number of ether oxygens (including phenoxy) is 2. The third kappa shape index (κ3) is 5.05. The zero-order valence-corrected chi connectivity index (χ0v) is 9.59. The Labute approximate surface area is 98.9 Å². The van der Waals surface area contributed by atoms with E-state index >= 15 is 0 Å². The molecular formula is C11H14N2O4. The molecular weight excluding hydrogens is 224 g/mol. The first-order valence-corrected chi connectivity index (χ1v) is 5.33. The van der Waals surface area contributed by atoms with Gasteiger partial charge in [-0.1, -0.05) is 0 Å². The Morgan fingerprint density at radius 1 is 1.29 bits per heavy atom. The number of carbonyl (C=O) groups excluding carboxylic acids is 2. The van der Waals surface area contributed by atoms with Crippen LogP contribution in [0, 0.1) is 0 Å². The molecule has 0 N–H and O–H groups in total. The van der Waals surface area contributed by atoms with Crippen LogP contribution in [0.3, 0.4) is 0 Å². The highest BCUT2D eigenvalue weighted by Gasteiger charge is 2.07. The smallest absolute Gasteiger partial charge is 0.339 e. The van der Waals surface area contributed by atoms with E-state index in [1.807, 2.05) is 0 Å². The Hall–Kier alpha value is -1.98. The molecule has 0 atom stereocenters. The van der Waals surface area contributed by atoms with Crippen molar-refractivity contribution >= 4 is 11.9 Å². The molecule has 1 aromatic rings. The van der Waals surface area contributed by atoms with E-state index in [-0.39, 0.29) is 19.0 Å². The monoisotopic (exact) mass is 238 g/mol. The van der Waals surface area contributed by atoms with E-state index in [0.29, 0.717) is 18.6 Å². The van der Waals surface area contributed by atoms with Gasteiger partial charge in [0.2, 0.25) is 0 Å². The van der Waals surface area contributed by atoms with E-state index in [0.717, 1.165) is 0 Å². The molecule has 0 saturated carbocycles. The number of nitrogens with zero attached hydrogens (tertiary/aromatic N) is 2. The highest BCUT2D eigenvalue weighted by atomic mass is 16.5. The van der Waals surface area contributed by atoms with Crippen molar-refractivity contribution in [3.05, 3.63) is 24.0 Å². The molecule has 6 nitrogen and oxygen atoms in total. The molecule has 0 aliphatic rings. The molecule has 6 heteroatoms. The third-order valence-electron chi connectivity index (χ3n) is 1.88. The van der Waals surface area contributed by atoms with Crippen LogP contribution in [0.15, 0.2) is 18.5 Å². The number of hydrogen-bond acceptors (Lipinski definition) is 6. The van der Waals surface area contributed by atoms with Crippen LogP contribution in [0.1, 0.15) is 30.1 Å². The number of hydrogen-bond donors (Lipinski definition) is 0. The predicted octanol–water partition coefficient (Wildman–Crippen LogP) is 0.977. The summed E-state index contributed by atoms with van der Waals surface area (Å²) >= 11 is 0. The number of esters is 2. The Kier molecular flexibility index (Phi) is 5.63. The minimum absolute atomic E-state index is 0.181. The van der Waals surface area contributed by atoms with Crippen LogP contribution in [0.2, 0.25) is 0 Å². The molecule has 0 spiro atoms. The van der Waals surface area contributed by atoms with E-state index in [9.17, 15) is 9.59 Å². The largest absolute Gasteiger partial charge is 0.466 e. The van der Waals surface area contributed by atoms with Gasteiger partial charge >= 0.3 is 11.9 Å². The van der Waals surface area contributed by atoms with Gasteiger partial charge in [-0.3, -0.25) is 4.79 Å². The molecule has 0 unspecified atom stereocenters.